The number of piperazine rings is 1. The third kappa shape index (κ3) is 6.10. The fourth-order valence-electron chi connectivity index (χ4n) is 4.31. The van der Waals surface area contributed by atoms with Crippen LogP contribution in [0.5, 0.6) is 0 Å². The minimum Gasteiger partial charge on any atom is -0.443 e. The number of carbonyl (C=O) groups is 2. The molecule has 5 rings (SSSR count). The van der Waals surface area contributed by atoms with Crippen molar-refractivity contribution in [3.8, 4) is 11.4 Å². The Morgan fingerprint density at radius 3 is 2.62 bits per heavy atom. The Morgan fingerprint density at radius 2 is 1.95 bits per heavy atom. The van der Waals surface area contributed by atoms with Crippen LogP contribution < -0.4 is 10.2 Å². The summed E-state index contributed by atoms with van der Waals surface area (Å²) >= 11 is 0. The number of aryl methyl sites for hydroxylation is 1. The zero-order chi connectivity index (χ0) is 27.5. The topological polar surface area (TPSA) is 156 Å². The first kappa shape index (κ1) is 26.0. The van der Waals surface area contributed by atoms with Crippen LogP contribution in [-0.4, -0.2) is 82.6 Å². The number of nitrogens with zero attached hydrogens (tertiary/aromatic N) is 6. The van der Waals surface area contributed by atoms with Crippen molar-refractivity contribution in [1.29, 1.82) is 0 Å². The van der Waals surface area contributed by atoms with Crippen LogP contribution in [-0.2, 0) is 9.57 Å². The number of halogens is 1. The molecule has 2 saturated heterocycles. The van der Waals surface area contributed by atoms with E-state index in [4.69, 9.17) is 14.1 Å². The number of amides is 2. The molecule has 0 saturated carbocycles. The van der Waals surface area contributed by atoms with Gasteiger partial charge in [0.25, 0.3) is 0 Å². The number of cyclic esters (lactones) is 1. The van der Waals surface area contributed by atoms with Gasteiger partial charge in [0, 0.05) is 57.0 Å². The number of benzene rings is 2. The van der Waals surface area contributed by atoms with Gasteiger partial charge in [0.15, 0.2) is 0 Å². The standard InChI is InChI=1S/C24H24FN7O7/c1-15-26-22(28-38-15)16-2-5-18(6-3-16)31-14-19(37-24(31)34)13-29-8-10-30(11-9-29)39-23(33)27-17-4-7-20(25)21(12-17)32(35)36/h2-7,12,19H,8-11,13-14H2,1H3,(H,27,33). The number of anilines is 2. The SMILES string of the molecule is Cc1nc(-c2ccc(N3CC(CN4CCN(OC(=O)Nc5ccc(F)c([N+](=O)[O-])c5)CC4)OC3=O)cc2)no1. The molecule has 2 fully saturated rings. The van der Waals surface area contributed by atoms with Gasteiger partial charge in [0.2, 0.25) is 17.5 Å². The van der Waals surface area contributed by atoms with Gasteiger partial charge >= 0.3 is 17.9 Å². The molecular weight excluding hydrogens is 517 g/mol. The number of ether oxygens (including phenoxy) is 1. The van der Waals surface area contributed by atoms with Crippen LogP contribution >= 0.6 is 0 Å². The highest BCUT2D eigenvalue weighted by Crippen LogP contribution is 2.26. The van der Waals surface area contributed by atoms with Crippen molar-refractivity contribution in [2.24, 2.45) is 0 Å². The second kappa shape index (κ2) is 11.0. The summed E-state index contributed by atoms with van der Waals surface area (Å²) in [4.78, 5) is 47.8. The number of aromatic nitrogens is 2. The third-order valence-electron chi connectivity index (χ3n) is 6.23. The molecule has 3 aromatic rings. The van der Waals surface area contributed by atoms with E-state index in [0.717, 1.165) is 17.7 Å². The fourth-order valence-corrected chi connectivity index (χ4v) is 4.31. The van der Waals surface area contributed by atoms with Crippen LogP contribution in [0, 0.1) is 22.9 Å². The molecule has 14 nitrogen and oxygen atoms in total. The summed E-state index contributed by atoms with van der Waals surface area (Å²) in [5, 5.41) is 18.6. The molecule has 2 amide bonds. The van der Waals surface area contributed by atoms with Crippen molar-refractivity contribution in [3.63, 3.8) is 0 Å². The summed E-state index contributed by atoms with van der Waals surface area (Å²) in [5.41, 5.74) is 0.761. The van der Waals surface area contributed by atoms with Crippen molar-refractivity contribution in [2.45, 2.75) is 13.0 Å². The lowest BCUT2D eigenvalue weighted by Gasteiger charge is -2.33. The number of nitro benzene ring substituents is 1. The average molecular weight is 541 g/mol. The lowest BCUT2D eigenvalue weighted by Crippen LogP contribution is -2.49. The van der Waals surface area contributed by atoms with Gasteiger partial charge in [-0.1, -0.05) is 5.16 Å². The molecule has 0 bridgehead atoms. The molecule has 0 spiro atoms. The lowest BCUT2D eigenvalue weighted by atomic mass is 10.2. The zero-order valence-corrected chi connectivity index (χ0v) is 20.8. The predicted octanol–water partition coefficient (Wildman–Crippen LogP) is 3.20. The van der Waals surface area contributed by atoms with E-state index in [1.54, 1.807) is 24.0 Å². The monoisotopic (exact) mass is 541 g/mol. The van der Waals surface area contributed by atoms with Gasteiger partial charge < -0.3 is 14.1 Å². The Morgan fingerprint density at radius 1 is 1.21 bits per heavy atom. The molecule has 1 atom stereocenters. The maximum atomic E-state index is 13.5. The number of rotatable bonds is 7. The Hall–Kier alpha value is -4.63. The first-order chi connectivity index (χ1) is 18.7. The van der Waals surface area contributed by atoms with Crippen molar-refractivity contribution in [3.05, 3.63) is 64.3 Å². The van der Waals surface area contributed by atoms with Crippen LogP contribution in [0.25, 0.3) is 11.4 Å². The molecular formula is C24H24FN7O7. The second-order valence-electron chi connectivity index (χ2n) is 8.96. The molecule has 0 radical (unpaired) electrons. The molecule has 3 heterocycles. The highest BCUT2D eigenvalue weighted by atomic mass is 19.1. The van der Waals surface area contributed by atoms with Gasteiger partial charge in [-0.25, -0.2) is 9.59 Å². The number of nitrogens with one attached hydrogen (secondary N) is 1. The van der Waals surface area contributed by atoms with Crippen LogP contribution in [0.15, 0.2) is 47.0 Å². The lowest BCUT2D eigenvalue weighted by molar-refractivity contribution is -0.387. The number of hydroxylamine groups is 2. The van der Waals surface area contributed by atoms with E-state index >= 15 is 0 Å². The number of hydrogen-bond acceptors (Lipinski definition) is 11. The molecule has 2 aromatic carbocycles. The van der Waals surface area contributed by atoms with Crippen LogP contribution in [0.4, 0.5) is 31.0 Å². The third-order valence-corrected chi connectivity index (χ3v) is 6.23. The van der Waals surface area contributed by atoms with Crippen LogP contribution in [0.2, 0.25) is 0 Å². The summed E-state index contributed by atoms with van der Waals surface area (Å²) in [5.74, 6) is -0.0606. The molecule has 2 aliphatic heterocycles. The zero-order valence-electron chi connectivity index (χ0n) is 20.8. The number of carbonyl (C=O) groups excluding carboxylic acids is 2. The van der Waals surface area contributed by atoms with Gasteiger partial charge in [-0.15, -0.1) is 5.06 Å². The highest BCUT2D eigenvalue weighted by Gasteiger charge is 2.34. The van der Waals surface area contributed by atoms with Gasteiger partial charge in [-0.05, 0) is 36.4 Å². The summed E-state index contributed by atoms with van der Waals surface area (Å²) in [6.07, 6.45) is -1.60. The quantitative estimate of drug-likeness (QED) is 0.346. The van der Waals surface area contributed by atoms with E-state index in [2.05, 4.69) is 20.4 Å². The van der Waals surface area contributed by atoms with Gasteiger partial charge in [0.05, 0.1) is 17.2 Å². The Balaban J connectivity index is 1.07. The molecule has 204 valence electrons. The minimum absolute atomic E-state index is 0.0406. The van der Waals surface area contributed by atoms with Gasteiger partial charge in [-0.3, -0.25) is 25.2 Å². The number of hydrogen-bond donors (Lipinski definition) is 1. The highest BCUT2D eigenvalue weighted by molar-refractivity contribution is 5.90. The molecule has 1 aromatic heterocycles. The Kier molecular flexibility index (Phi) is 7.33. The summed E-state index contributed by atoms with van der Waals surface area (Å²) in [7, 11) is 0. The molecule has 0 aliphatic carbocycles. The summed E-state index contributed by atoms with van der Waals surface area (Å²) in [6.45, 7) is 4.54. The first-order valence-corrected chi connectivity index (χ1v) is 12.0. The van der Waals surface area contributed by atoms with Gasteiger partial charge in [-0.2, -0.15) is 9.37 Å². The van der Waals surface area contributed by atoms with Crippen LogP contribution in [0.3, 0.4) is 0 Å². The molecule has 2 aliphatic rings. The smallest absolute Gasteiger partial charge is 0.430 e. The van der Waals surface area contributed by atoms with E-state index in [1.165, 1.54) is 11.1 Å². The van der Waals surface area contributed by atoms with E-state index in [1.807, 2.05) is 12.1 Å². The molecule has 1 unspecified atom stereocenters. The summed E-state index contributed by atoms with van der Waals surface area (Å²) < 4.78 is 24.0. The Labute approximate surface area is 221 Å². The largest absolute Gasteiger partial charge is 0.443 e. The summed E-state index contributed by atoms with van der Waals surface area (Å²) in [6, 6.07) is 10.3. The number of nitro groups is 1. The average Bonchev–Trinajstić information content (AvgIpc) is 3.51. The van der Waals surface area contributed by atoms with E-state index in [-0.39, 0.29) is 11.8 Å². The van der Waals surface area contributed by atoms with Crippen molar-refractivity contribution in [1.82, 2.24) is 20.1 Å². The maximum Gasteiger partial charge on any atom is 0.430 e. The Bertz CT molecular complexity index is 1380. The van der Waals surface area contributed by atoms with E-state index < -0.39 is 28.6 Å². The first-order valence-electron chi connectivity index (χ1n) is 12.0. The van der Waals surface area contributed by atoms with Gasteiger partial charge in [0.1, 0.15) is 6.10 Å². The van der Waals surface area contributed by atoms with Crippen LogP contribution in [0.1, 0.15) is 5.89 Å². The molecule has 1 N–H and O–H groups in total. The minimum atomic E-state index is -1.00. The van der Waals surface area contributed by atoms with Crippen molar-refractivity contribution >= 4 is 29.2 Å². The van der Waals surface area contributed by atoms with Crippen molar-refractivity contribution in [2.75, 3.05) is 49.5 Å². The van der Waals surface area contributed by atoms with Crippen molar-refractivity contribution < 1.29 is 33.0 Å². The van der Waals surface area contributed by atoms with E-state index in [0.29, 0.717) is 56.7 Å². The van der Waals surface area contributed by atoms with E-state index in [9.17, 15) is 24.1 Å². The predicted molar refractivity (Wildman–Crippen MR) is 133 cm³/mol. The molecule has 15 heteroatoms. The normalized spacial score (nSPS) is 18.2. The molecule has 39 heavy (non-hydrogen) atoms. The maximum absolute atomic E-state index is 13.5. The fraction of sp³-hybridized carbons (Fsp3) is 0.333. The second-order valence-corrected chi connectivity index (χ2v) is 8.96.